The number of hydrogen-bond acceptors (Lipinski definition) is 6. The lowest BCUT2D eigenvalue weighted by molar-refractivity contribution is -0.127. The number of carbonyl (C=O) groups excluding carboxylic acids is 2. The molecule has 1 aromatic carbocycles. The van der Waals surface area contributed by atoms with Gasteiger partial charge in [-0.3, -0.25) is 18.8 Å². The van der Waals surface area contributed by atoms with E-state index >= 15 is 0 Å². The van der Waals surface area contributed by atoms with E-state index in [-0.39, 0.29) is 34.8 Å². The molecule has 3 N–H and O–H groups in total. The summed E-state index contributed by atoms with van der Waals surface area (Å²) in [6.07, 6.45) is -1.89. The molecule has 2 amide bonds. The van der Waals surface area contributed by atoms with Crippen LogP contribution in [0.4, 0.5) is 25.0 Å². The smallest absolute Gasteiger partial charge is 0.415 e. The van der Waals surface area contributed by atoms with E-state index in [1.807, 2.05) is 0 Å². The first-order chi connectivity index (χ1) is 12.6. The number of amides is 2. The van der Waals surface area contributed by atoms with Gasteiger partial charge in [-0.25, -0.2) is 13.6 Å². The summed E-state index contributed by atoms with van der Waals surface area (Å²) in [7, 11) is -1.12. The van der Waals surface area contributed by atoms with Crippen molar-refractivity contribution in [1.82, 2.24) is 5.32 Å². The van der Waals surface area contributed by atoms with E-state index in [2.05, 4.69) is 5.32 Å². The standard InChI is InChI=1S/C16H19F2N3O5S/c1-19-14(22)12-4-21(15(23)26-12)9-2-10(17)13(11(18)3-9)20-5-16(6-20)7-27(24,25)8-16/h2-3,12,24-25H,4-8H2,1H3,(H,19,22)/t12-/m1/s1. The molecule has 1 atom stereocenters. The van der Waals surface area contributed by atoms with Crippen molar-refractivity contribution in [3.63, 3.8) is 0 Å². The van der Waals surface area contributed by atoms with Crippen molar-refractivity contribution in [1.29, 1.82) is 0 Å². The molecule has 3 aliphatic heterocycles. The molecule has 0 radical (unpaired) electrons. The maximum absolute atomic E-state index is 14.6. The van der Waals surface area contributed by atoms with Crippen LogP contribution in [-0.4, -0.2) is 65.4 Å². The number of hydrogen-bond donors (Lipinski definition) is 3. The molecule has 4 rings (SSSR count). The Morgan fingerprint density at radius 1 is 1.30 bits per heavy atom. The summed E-state index contributed by atoms with van der Waals surface area (Å²) in [6.45, 7) is 0.558. The van der Waals surface area contributed by atoms with Crippen LogP contribution in [0.25, 0.3) is 0 Å². The molecule has 8 nitrogen and oxygen atoms in total. The van der Waals surface area contributed by atoms with Gasteiger partial charge in [0.1, 0.15) is 5.69 Å². The third kappa shape index (κ3) is 2.99. The van der Waals surface area contributed by atoms with Gasteiger partial charge in [-0.1, -0.05) is 0 Å². The zero-order chi connectivity index (χ0) is 19.6. The number of nitrogens with one attached hydrogen (secondary N) is 1. The first kappa shape index (κ1) is 18.3. The third-order valence-electron chi connectivity index (χ3n) is 5.11. The third-order valence-corrected chi connectivity index (χ3v) is 7.26. The summed E-state index contributed by atoms with van der Waals surface area (Å²) in [4.78, 5) is 26.0. The van der Waals surface area contributed by atoms with Crippen molar-refractivity contribution >= 4 is 34.0 Å². The second-order valence-electron chi connectivity index (χ2n) is 7.30. The van der Waals surface area contributed by atoms with E-state index in [0.717, 1.165) is 17.0 Å². The van der Waals surface area contributed by atoms with Crippen LogP contribution in [-0.2, 0) is 9.53 Å². The average Bonchev–Trinajstić information content (AvgIpc) is 2.91. The molecule has 0 bridgehead atoms. The van der Waals surface area contributed by atoms with E-state index in [1.54, 1.807) is 0 Å². The minimum absolute atomic E-state index is 0.0294. The van der Waals surface area contributed by atoms with Crippen LogP contribution < -0.4 is 15.1 Å². The summed E-state index contributed by atoms with van der Waals surface area (Å²) in [5.41, 5.74) is -0.517. The number of rotatable bonds is 3. The molecule has 0 aromatic heterocycles. The molecule has 3 fully saturated rings. The van der Waals surface area contributed by atoms with Crippen LogP contribution in [0.15, 0.2) is 12.1 Å². The van der Waals surface area contributed by atoms with Gasteiger partial charge in [-0.15, -0.1) is 0 Å². The predicted molar refractivity (Wildman–Crippen MR) is 95.3 cm³/mol. The molecule has 11 heteroatoms. The Kier molecular flexibility index (Phi) is 4.02. The van der Waals surface area contributed by atoms with Gasteiger partial charge in [0.25, 0.3) is 5.91 Å². The van der Waals surface area contributed by atoms with Crippen LogP contribution >= 0.6 is 10.6 Å². The Hall–Kier alpha value is -2.11. The molecular weight excluding hydrogens is 384 g/mol. The zero-order valence-corrected chi connectivity index (χ0v) is 15.3. The molecule has 0 saturated carbocycles. The lowest BCUT2D eigenvalue weighted by Crippen LogP contribution is -2.67. The summed E-state index contributed by atoms with van der Waals surface area (Å²) < 4.78 is 53.1. The van der Waals surface area contributed by atoms with E-state index in [4.69, 9.17) is 4.74 Å². The lowest BCUT2D eigenvalue weighted by Gasteiger charge is -2.64. The van der Waals surface area contributed by atoms with Crippen LogP contribution in [0.5, 0.6) is 0 Å². The number of likely N-dealkylation sites (N-methyl/N-ethyl adjacent to an activating group) is 1. The number of anilines is 2. The largest absolute Gasteiger partial charge is 0.434 e. The van der Waals surface area contributed by atoms with Crippen molar-refractivity contribution in [2.75, 3.05) is 48.0 Å². The van der Waals surface area contributed by atoms with E-state index < -0.39 is 40.3 Å². The van der Waals surface area contributed by atoms with Crippen molar-refractivity contribution in [2.24, 2.45) is 5.41 Å². The highest BCUT2D eigenvalue weighted by Crippen LogP contribution is 2.62. The number of ether oxygens (including phenoxy) is 1. The molecule has 1 spiro atoms. The quantitative estimate of drug-likeness (QED) is 0.709. The zero-order valence-electron chi connectivity index (χ0n) is 14.4. The van der Waals surface area contributed by atoms with Gasteiger partial charge in [-0.2, -0.15) is 10.6 Å². The number of carbonyl (C=O) groups is 2. The van der Waals surface area contributed by atoms with Gasteiger partial charge >= 0.3 is 6.09 Å². The maximum atomic E-state index is 14.6. The van der Waals surface area contributed by atoms with Crippen molar-refractivity contribution in [2.45, 2.75) is 6.10 Å². The highest BCUT2D eigenvalue weighted by Gasteiger charge is 2.56. The summed E-state index contributed by atoms with van der Waals surface area (Å²) in [6, 6.07) is 2.07. The van der Waals surface area contributed by atoms with Gasteiger partial charge in [0.15, 0.2) is 17.7 Å². The minimum atomic E-state index is -2.52. The number of halogens is 2. The Morgan fingerprint density at radius 2 is 1.89 bits per heavy atom. The van der Waals surface area contributed by atoms with Gasteiger partial charge in [0, 0.05) is 49.2 Å². The van der Waals surface area contributed by atoms with E-state index in [9.17, 15) is 27.5 Å². The molecule has 27 heavy (non-hydrogen) atoms. The molecular formula is C16H19F2N3O5S. The average molecular weight is 403 g/mol. The first-order valence-electron chi connectivity index (χ1n) is 8.30. The second kappa shape index (κ2) is 5.94. The molecule has 3 aliphatic rings. The molecule has 0 unspecified atom stereocenters. The monoisotopic (exact) mass is 403 g/mol. The first-order valence-corrected chi connectivity index (χ1v) is 10.2. The van der Waals surface area contributed by atoms with Gasteiger partial charge < -0.3 is 15.0 Å². The Labute approximate surface area is 155 Å². The van der Waals surface area contributed by atoms with Crippen LogP contribution in [0.3, 0.4) is 0 Å². The summed E-state index contributed by atoms with van der Waals surface area (Å²) in [5.74, 6) is -1.64. The fourth-order valence-electron chi connectivity index (χ4n) is 4.02. The van der Waals surface area contributed by atoms with E-state index in [1.165, 1.54) is 11.9 Å². The fourth-order valence-corrected chi connectivity index (χ4v) is 6.27. The topological polar surface area (TPSA) is 102 Å². The Bertz CT molecular complexity index is 797. The highest BCUT2D eigenvalue weighted by atomic mass is 32.3. The van der Waals surface area contributed by atoms with Crippen molar-refractivity contribution in [3.05, 3.63) is 23.8 Å². The van der Waals surface area contributed by atoms with Gasteiger partial charge in [-0.05, 0) is 0 Å². The normalized spacial score (nSPS) is 26.3. The van der Waals surface area contributed by atoms with E-state index in [0.29, 0.717) is 13.1 Å². The molecule has 1 aromatic rings. The lowest BCUT2D eigenvalue weighted by atomic mass is 9.82. The van der Waals surface area contributed by atoms with Crippen molar-refractivity contribution < 1.29 is 32.2 Å². The summed E-state index contributed by atoms with van der Waals surface area (Å²) >= 11 is 0. The Morgan fingerprint density at radius 3 is 2.41 bits per heavy atom. The molecule has 3 heterocycles. The van der Waals surface area contributed by atoms with Gasteiger partial charge in [0.05, 0.1) is 12.2 Å². The maximum Gasteiger partial charge on any atom is 0.415 e. The van der Waals surface area contributed by atoms with Crippen LogP contribution in [0, 0.1) is 17.0 Å². The van der Waals surface area contributed by atoms with Crippen molar-refractivity contribution in [3.8, 4) is 0 Å². The Balaban J connectivity index is 1.50. The molecule has 0 aliphatic carbocycles. The molecule has 3 saturated heterocycles. The number of cyclic esters (lactones) is 1. The van der Waals surface area contributed by atoms with Crippen LogP contribution in [0.1, 0.15) is 0 Å². The number of nitrogens with zero attached hydrogens (tertiary/aromatic N) is 2. The van der Waals surface area contributed by atoms with Gasteiger partial charge in [0.2, 0.25) is 0 Å². The second-order valence-corrected chi connectivity index (χ2v) is 9.48. The number of benzene rings is 1. The molecule has 148 valence electrons. The summed E-state index contributed by atoms with van der Waals surface area (Å²) in [5, 5.41) is 2.35. The minimum Gasteiger partial charge on any atom is -0.434 e. The predicted octanol–water partition coefficient (Wildman–Crippen LogP) is 1.61. The SMILES string of the molecule is CNC(=O)[C@H]1CN(c2cc(F)c(N3CC4(C3)CS(O)(O)C4)c(F)c2)C(=O)O1. The highest BCUT2D eigenvalue weighted by molar-refractivity contribution is 8.25. The fraction of sp³-hybridized carbons (Fsp3) is 0.500. The van der Waals surface area contributed by atoms with Crippen LogP contribution in [0.2, 0.25) is 0 Å².